The highest BCUT2D eigenvalue weighted by molar-refractivity contribution is 5.87. The second-order valence-corrected chi connectivity index (χ2v) is 7.99. The summed E-state index contributed by atoms with van der Waals surface area (Å²) in [5.41, 5.74) is 0.758. The number of anilines is 1. The highest BCUT2D eigenvalue weighted by Gasteiger charge is 2.28. The molecule has 0 bridgehead atoms. The van der Waals surface area contributed by atoms with Gasteiger partial charge in [0.05, 0.1) is 28.4 Å². The Kier molecular flexibility index (Phi) is 8.87. The fraction of sp³-hybridized carbons (Fsp3) is 0.522. The molecule has 2 N–H and O–H groups in total. The normalized spacial score (nSPS) is 14.6. The van der Waals surface area contributed by atoms with Gasteiger partial charge in [-0.15, -0.1) is 4.98 Å². The van der Waals surface area contributed by atoms with Crippen LogP contribution in [0.5, 0.6) is 23.5 Å². The van der Waals surface area contributed by atoms with Crippen LogP contribution >= 0.6 is 0 Å². The van der Waals surface area contributed by atoms with E-state index in [1.54, 1.807) is 20.3 Å². The summed E-state index contributed by atoms with van der Waals surface area (Å²) in [6.07, 6.45) is 1.61. The molecule has 0 unspecified atom stereocenters. The number of carbonyl (C=O) groups is 2. The molecule has 0 spiro atoms. The van der Waals surface area contributed by atoms with Crippen LogP contribution in [0.1, 0.15) is 25.3 Å². The van der Waals surface area contributed by atoms with Crippen LogP contribution in [0.2, 0.25) is 0 Å². The van der Waals surface area contributed by atoms with Crippen molar-refractivity contribution in [1.29, 1.82) is 0 Å². The topological polar surface area (TPSA) is 137 Å². The van der Waals surface area contributed by atoms with E-state index in [1.807, 2.05) is 17.0 Å². The third kappa shape index (κ3) is 6.61. The second kappa shape index (κ2) is 12.0. The standard InChI is InChI=1S/C23H32N6O6/c1-14(30)24-17(13-15-7-6-8-18(32-2)19(15)33-3)20(31)25-16-9-11-29(12-10-16)21-26-22(34-4)28-23(27-21)35-5/h6-8,16-17H,9-13H2,1-5H3,(H,24,30)(H,25,31)/t17-/m0/s1. The zero-order valence-corrected chi connectivity index (χ0v) is 20.7. The van der Waals surface area contributed by atoms with Crippen LogP contribution in [0.3, 0.4) is 0 Å². The van der Waals surface area contributed by atoms with Crippen LogP contribution in [0.4, 0.5) is 5.95 Å². The first-order valence-electron chi connectivity index (χ1n) is 11.2. The number of hydrogen-bond donors (Lipinski definition) is 2. The van der Waals surface area contributed by atoms with E-state index in [4.69, 9.17) is 18.9 Å². The highest BCUT2D eigenvalue weighted by Crippen LogP contribution is 2.31. The van der Waals surface area contributed by atoms with Crippen LogP contribution in [-0.4, -0.2) is 80.4 Å². The minimum Gasteiger partial charge on any atom is -0.493 e. The molecule has 35 heavy (non-hydrogen) atoms. The Bertz CT molecular complexity index is 1010. The van der Waals surface area contributed by atoms with Gasteiger partial charge in [0.25, 0.3) is 0 Å². The molecule has 1 aliphatic rings. The molecule has 3 rings (SSSR count). The van der Waals surface area contributed by atoms with Gasteiger partial charge in [-0.2, -0.15) is 9.97 Å². The maximum absolute atomic E-state index is 13.1. The number of piperidine rings is 1. The summed E-state index contributed by atoms with van der Waals surface area (Å²) >= 11 is 0. The van der Waals surface area contributed by atoms with Crippen LogP contribution in [0.25, 0.3) is 0 Å². The van der Waals surface area contributed by atoms with Crippen LogP contribution in [-0.2, 0) is 16.0 Å². The molecule has 1 aliphatic heterocycles. The number of rotatable bonds is 10. The van der Waals surface area contributed by atoms with E-state index in [2.05, 4.69) is 25.6 Å². The summed E-state index contributed by atoms with van der Waals surface area (Å²) in [5.74, 6) is 1.01. The van der Waals surface area contributed by atoms with E-state index < -0.39 is 6.04 Å². The molecule has 2 amide bonds. The number of hydrogen-bond acceptors (Lipinski definition) is 10. The van der Waals surface area contributed by atoms with Crippen molar-refractivity contribution in [3.63, 3.8) is 0 Å². The molecule has 12 heteroatoms. The Hall–Kier alpha value is -3.83. The molecule has 0 saturated carbocycles. The van der Waals surface area contributed by atoms with Crippen molar-refractivity contribution in [2.24, 2.45) is 0 Å². The number of carbonyl (C=O) groups excluding carboxylic acids is 2. The molecule has 0 radical (unpaired) electrons. The monoisotopic (exact) mass is 488 g/mol. The van der Waals surface area contributed by atoms with Gasteiger partial charge in [-0.3, -0.25) is 9.59 Å². The van der Waals surface area contributed by atoms with Gasteiger partial charge in [0.15, 0.2) is 11.5 Å². The number of aromatic nitrogens is 3. The molecule has 12 nitrogen and oxygen atoms in total. The van der Waals surface area contributed by atoms with Crippen LogP contribution in [0, 0.1) is 0 Å². The maximum Gasteiger partial charge on any atom is 0.324 e. The predicted octanol–water partition coefficient (Wildman–Crippen LogP) is 0.738. The van der Waals surface area contributed by atoms with E-state index in [0.29, 0.717) is 43.4 Å². The Morgan fingerprint density at radius 3 is 2.20 bits per heavy atom. The molecule has 190 valence electrons. The van der Waals surface area contributed by atoms with Crippen molar-refractivity contribution >= 4 is 17.8 Å². The van der Waals surface area contributed by atoms with Gasteiger partial charge in [-0.05, 0) is 18.9 Å². The maximum atomic E-state index is 13.1. The number of ether oxygens (including phenoxy) is 4. The molecule has 0 aliphatic carbocycles. The van der Waals surface area contributed by atoms with E-state index in [0.717, 1.165) is 5.56 Å². The molecular weight excluding hydrogens is 456 g/mol. The van der Waals surface area contributed by atoms with Gasteiger partial charge in [0, 0.05) is 38.0 Å². The lowest BCUT2D eigenvalue weighted by Crippen LogP contribution is -2.52. The van der Waals surface area contributed by atoms with Gasteiger partial charge < -0.3 is 34.5 Å². The van der Waals surface area contributed by atoms with Gasteiger partial charge in [0.1, 0.15) is 6.04 Å². The zero-order chi connectivity index (χ0) is 25.4. The minimum absolute atomic E-state index is 0.0622. The van der Waals surface area contributed by atoms with Crippen molar-refractivity contribution in [3.8, 4) is 23.5 Å². The van der Waals surface area contributed by atoms with Gasteiger partial charge in [-0.25, -0.2) is 0 Å². The Labute approximate surface area is 204 Å². The average molecular weight is 489 g/mol. The number of nitrogens with zero attached hydrogens (tertiary/aromatic N) is 4. The summed E-state index contributed by atoms with van der Waals surface area (Å²) in [7, 11) is 6.05. The van der Waals surface area contributed by atoms with Crippen molar-refractivity contribution in [1.82, 2.24) is 25.6 Å². The molecule has 2 aromatic rings. The molecular formula is C23H32N6O6. The first kappa shape index (κ1) is 25.8. The quantitative estimate of drug-likeness (QED) is 0.493. The number of methoxy groups -OCH3 is 4. The molecule has 2 heterocycles. The summed E-state index contributed by atoms with van der Waals surface area (Å²) in [6, 6.07) is 4.97. The number of amides is 2. The van der Waals surface area contributed by atoms with Crippen molar-refractivity contribution in [2.75, 3.05) is 46.4 Å². The fourth-order valence-electron chi connectivity index (χ4n) is 3.97. The Morgan fingerprint density at radius 1 is 1.00 bits per heavy atom. The lowest BCUT2D eigenvalue weighted by atomic mass is 10.0. The lowest BCUT2D eigenvalue weighted by molar-refractivity contribution is -0.128. The smallest absolute Gasteiger partial charge is 0.324 e. The summed E-state index contributed by atoms with van der Waals surface area (Å²) < 4.78 is 21.1. The SMILES string of the molecule is COc1nc(OC)nc(N2CCC(NC(=O)[C@H](Cc3cccc(OC)c3OC)NC(C)=O)CC2)n1. The van der Waals surface area contributed by atoms with E-state index >= 15 is 0 Å². The van der Waals surface area contributed by atoms with Gasteiger partial charge >= 0.3 is 12.0 Å². The van der Waals surface area contributed by atoms with E-state index in [9.17, 15) is 9.59 Å². The summed E-state index contributed by atoms with van der Waals surface area (Å²) in [6.45, 7) is 2.63. The number of para-hydroxylation sites is 1. The van der Waals surface area contributed by atoms with Gasteiger partial charge in [-0.1, -0.05) is 12.1 Å². The molecule has 1 aromatic heterocycles. The first-order valence-corrected chi connectivity index (χ1v) is 11.2. The number of benzene rings is 1. The van der Waals surface area contributed by atoms with Crippen LogP contribution in [0.15, 0.2) is 18.2 Å². The first-order chi connectivity index (χ1) is 16.9. The second-order valence-electron chi connectivity index (χ2n) is 7.99. The summed E-state index contributed by atoms with van der Waals surface area (Å²) in [5, 5.41) is 5.83. The molecule has 1 fully saturated rings. The predicted molar refractivity (Wildman–Crippen MR) is 127 cm³/mol. The third-order valence-corrected chi connectivity index (χ3v) is 5.67. The molecule has 1 atom stereocenters. The van der Waals surface area contributed by atoms with Crippen molar-refractivity contribution in [3.05, 3.63) is 23.8 Å². The Morgan fingerprint density at radius 2 is 1.66 bits per heavy atom. The molecule has 1 aromatic carbocycles. The minimum atomic E-state index is -0.761. The van der Waals surface area contributed by atoms with Crippen molar-refractivity contribution in [2.45, 2.75) is 38.3 Å². The fourth-order valence-corrected chi connectivity index (χ4v) is 3.97. The van der Waals surface area contributed by atoms with E-state index in [-0.39, 0.29) is 36.3 Å². The highest BCUT2D eigenvalue weighted by atomic mass is 16.5. The van der Waals surface area contributed by atoms with Gasteiger partial charge in [0.2, 0.25) is 17.8 Å². The lowest BCUT2D eigenvalue weighted by Gasteiger charge is -2.33. The largest absolute Gasteiger partial charge is 0.493 e. The molecule has 1 saturated heterocycles. The van der Waals surface area contributed by atoms with Crippen LogP contribution < -0.4 is 34.5 Å². The van der Waals surface area contributed by atoms with E-state index in [1.165, 1.54) is 21.1 Å². The number of nitrogens with one attached hydrogen (secondary N) is 2. The third-order valence-electron chi connectivity index (χ3n) is 5.67. The van der Waals surface area contributed by atoms with Crippen molar-refractivity contribution < 1.29 is 28.5 Å². The Balaban J connectivity index is 1.65. The zero-order valence-electron chi connectivity index (χ0n) is 20.7. The average Bonchev–Trinajstić information content (AvgIpc) is 2.87. The summed E-state index contributed by atoms with van der Waals surface area (Å²) in [4.78, 5) is 39.6.